The van der Waals surface area contributed by atoms with Gasteiger partial charge in [-0.3, -0.25) is 0 Å². The van der Waals surface area contributed by atoms with Crippen LogP contribution in [0.1, 0.15) is 10.4 Å². The summed E-state index contributed by atoms with van der Waals surface area (Å²) in [5, 5.41) is 8.85. The second kappa shape index (κ2) is 4.97. The highest BCUT2D eigenvalue weighted by atomic mass is 79.9. The highest BCUT2D eigenvalue weighted by Crippen LogP contribution is 2.23. The van der Waals surface area contributed by atoms with E-state index in [2.05, 4.69) is 20.9 Å². The zero-order valence-corrected chi connectivity index (χ0v) is 10.2. The Morgan fingerprint density at radius 1 is 1.24 bits per heavy atom. The summed E-state index contributed by atoms with van der Waals surface area (Å²) in [5.41, 5.74) is 0.190. The average molecular weight is 294 g/mol. The van der Waals surface area contributed by atoms with Crippen molar-refractivity contribution < 1.29 is 14.6 Å². The topological polar surface area (TPSA) is 59.4 Å². The number of pyridine rings is 1. The van der Waals surface area contributed by atoms with Crippen LogP contribution in [0.2, 0.25) is 0 Å². The third-order valence-electron chi connectivity index (χ3n) is 2.01. The summed E-state index contributed by atoms with van der Waals surface area (Å²) in [4.78, 5) is 14.8. The maximum atomic E-state index is 10.8. The standard InChI is InChI=1S/C12H8BrNO3/c13-11-7-10(4-5-14-11)17-9-3-1-2-8(6-9)12(15)16/h1-7H,(H,15,16). The van der Waals surface area contributed by atoms with Crippen molar-refractivity contribution in [2.45, 2.75) is 0 Å². The van der Waals surface area contributed by atoms with E-state index in [4.69, 9.17) is 9.84 Å². The van der Waals surface area contributed by atoms with Gasteiger partial charge in [0, 0.05) is 12.3 Å². The summed E-state index contributed by atoms with van der Waals surface area (Å²) in [6.45, 7) is 0. The molecule has 0 aliphatic rings. The van der Waals surface area contributed by atoms with Gasteiger partial charge in [-0.2, -0.15) is 0 Å². The summed E-state index contributed by atoms with van der Waals surface area (Å²) >= 11 is 3.23. The maximum Gasteiger partial charge on any atom is 0.335 e. The molecule has 1 aromatic heterocycles. The zero-order valence-electron chi connectivity index (χ0n) is 8.63. The number of hydrogen-bond donors (Lipinski definition) is 1. The first-order valence-electron chi connectivity index (χ1n) is 4.78. The van der Waals surface area contributed by atoms with Crippen LogP contribution in [0.5, 0.6) is 11.5 Å². The summed E-state index contributed by atoms with van der Waals surface area (Å²) in [6.07, 6.45) is 1.60. The van der Waals surface area contributed by atoms with Crippen LogP contribution in [-0.2, 0) is 0 Å². The molecule has 0 fully saturated rings. The Morgan fingerprint density at radius 3 is 2.71 bits per heavy atom. The number of ether oxygens (including phenoxy) is 1. The molecule has 1 aromatic carbocycles. The molecule has 0 unspecified atom stereocenters. The zero-order chi connectivity index (χ0) is 12.3. The molecule has 0 saturated carbocycles. The molecule has 0 aliphatic carbocycles. The number of carboxylic acid groups (broad SMARTS) is 1. The van der Waals surface area contributed by atoms with E-state index in [0.29, 0.717) is 16.1 Å². The third kappa shape index (κ3) is 3.04. The minimum absolute atomic E-state index is 0.190. The van der Waals surface area contributed by atoms with Crippen LogP contribution in [0.4, 0.5) is 0 Å². The molecule has 1 N–H and O–H groups in total. The van der Waals surface area contributed by atoms with Crippen molar-refractivity contribution in [3.63, 3.8) is 0 Å². The van der Waals surface area contributed by atoms with E-state index in [-0.39, 0.29) is 5.56 Å². The lowest BCUT2D eigenvalue weighted by atomic mass is 10.2. The van der Waals surface area contributed by atoms with Gasteiger partial charge in [0.15, 0.2) is 0 Å². The Kier molecular flexibility index (Phi) is 3.39. The number of benzene rings is 1. The Labute approximate surface area is 106 Å². The highest BCUT2D eigenvalue weighted by Gasteiger charge is 2.04. The predicted molar refractivity (Wildman–Crippen MR) is 65.4 cm³/mol. The van der Waals surface area contributed by atoms with Gasteiger partial charge in [-0.05, 0) is 40.2 Å². The lowest BCUT2D eigenvalue weighted by Gasteiger charge is -2.06. The number of aromatic carboxylic acids is 1. The third-order valence-corrected chi connectivity index (χ3v) is 2.45. The molecule has 0 atom stereocenters. The van der Waals surface area contributed by atoms with E-state index in [1.807, 2.05) is 0 Å². The van der Waals surface area contributed by atoms with Crippen molar-refractivity contribution in [3.8, 4) is 11.5 Å². The van der Waals surface area contributed by atoms with Crippen LogP contribution < -0.4 is 4.74 Å². The fraction of sp³-hybridized carbons (Fsp3) is 0. The Bertz CT molecular complexity index is 557. The Morgan fingerprint density at radius 2 is 2.00 bits per heavy atom. The van der Waals surface area contributed by atoms with E-state index in [1.165, 1.54) is 12.1 Å². The molecule has 5 heteroatoms. The van der Waals surface area contributed by atoms with Crippen LogP contribution in [0.25, 0.3) is 0 Å². The number of carboxylic acids is 1. The molecule has 0 aliphatic heterocycles. The number of nitrogens with zero attached hydrogens (tertiary/aromatic N) is 1. The average Bonchev–Trinajstić information content (AvgIpc) is 2.29. The fourth-order valence-electron chi connectivity index (χ4n) is 1.28. The first-order valence-corrected chi connectivity index (χ1v) is 5.57. The lowest BCUT2D eigenvalue weighted by Crippen LogP contribution is -1.96. The van der Waals surface area contributed by atoms with Crippen LogP contribution in [0.15, 0.2) is 47.2 Å². The van der Waals surface area contributed by atoms with E-state index in [1.54, 1.807) is 30.5 Å². The van der Waals surface area contributed by atoms with Gasteiger partial charge in [0.05, 0.1) is 5.56 Å². The molecular formula is C12H8BrNO3. The molecular weight excluding hydrogens is 286 g/mol. The van der Waals surface area contributed by atoms with Gasteiger partial charge in [0.1, 0.15) is 16.1 Å². The first kappa shape index (κ1) is 11.6. The quantitative estimate of drug-likeness (QED) is 0.882. The molecule has 86 valence electrons. The normalized spacial score (nSPS) is 9.94. The van der Waals surface area contributed by atoms with E-state index < -0.39 is 5.97 Å². The summed E-state index contributed by atoms with van der Waals surface area (Å²) in [6, 6.07) is 9.70. The molecule has 0 spiro atoms. The second-order valence-electron chi connectivity index (χ2n) is 3.25. The van der Waals surface area contributed by atoms with E-state index in [0.717, 1.165) is 0 Å². The number of carbonyl (C=O) groups is 1. The summed E-state index contributed by atoms with van der Waals surface area (Å²) in [7, 11) is 0. The number of halogens is 1. The number of hydrogen-bond acceptors (Lipinski definition) is 3. The van der Waals surface area contributed by atoms with Crippen LogP contribution in [0, 0.1) is 0 Å². The van der Waals surface area contributed by atoms with Crippen LogP contribution in [0.3, 0.4) is 0 Å². The molecule has 0 saturated heterocycles. The van der Waals surface area contributed by atoms with Crippen LogP contribution in [-0.4, -0.2) is 16.1 Å². The molecule has 2 aromatic rings. The molecule has 1 heterocycles. The largest absolute Gasteiger partial charge is 0.478 e. The van der Waals surface area contributed by atoms with Crippen molar-refractivity contribution in [1.29, 1.82) is 0 Å². The van der Waals surface area contributed by atoms with Gasteiger partial charge in [-0.1, -0.05) is 6.07 Å². The second-order valence-corrected chi connectivity index (χ2v) is 4.06. The predicted octanol–water partition coefficient (Wildman–Crippen LogP) is 3.33. The van der Waals surface area contributed by atoms with Gasteiger partial charge in [0.25, 0.3) is 0 Å². The van der Waals surface area contributed by atoms with E-state index >= 15 is 0 Å². The maximum absolute atomic E-state index is 10.8. The van der Waals surface area contributed by atoms with E-state index in [9.17, 15) is 4.79 Å². The van der Waals surface area contributed by atoms with Gasteiger partial charge in [-0.15, -0.1) is 0 Å². The molecule has 0 bridgehead atoms. The fourth-order valence-corrected chi connectivity index (χ4v) is 1.62. The van der Waals surface area contributed by atoms with Crippen molar-refractivity contribution in [2.24, 2.45) is 0 Å². The lowest BCUT2D eigenvalue weighted by molar-refractivity contribution is 0.0696. The molecule has 0 radical (unpaired) electrons. The minimum atomic E-state index is -0.980. The van der Waals surface area contributed by atoms with Crippen molar-refractivity contribution in [3.05, 3.63) is 52.8 Å². The number of rotatable bonds is 3. The molecule has 4 nitrogen and oxygen atoms in total. The Balaban J connectivity index is 2.24. The first-order chi connectivity index (χ1) is 8.15. The minimum Gasteiger partial charge on any atom is -0.478 e. The molecule has 2 rings (SSSR count). The molecule has 0 amide bonds. The smallest absolute Gasteiger partial charge is 0.335 e. The van der Waals surface area contributed by atoms with Crippen LogP contribution >= 0.6 is 15.9 Å². The number of aromatic nitrogens is 1. The highest BCUT2D eigenvalue weighted by molar-refractivity contribution is 9.10. The van der Waals surface area contributed by atoms with Crippen molar-refractivity contribution in [2.75, 3.05) is 0 Å². The SMILES string of the molecule is O=C(O)c1cccc(Oc2ccnc(Br)c2)c1. The summed E-state index contributed by atoms with van der Waals surface area (Å²) < 4.78 is 6.17. The van der Waals surface area contributed by atoms with Gasteiger partial charge < -0.3 is 9.84 Å². The monoisotopic (exact) mass is 293 g/mol. The Hall–Kier alpha value is -1.88. The van der Waals surface area contributed by atoms with Gasteiger partial charge in [0.2, 0.25) is 0 Å². The van der Waals surface area contributed by atoms with Crippen molar-refractivity contribution >= 4 is 21.9 Å². The summed E-state index contributed by atoms with van der Waals surface area (Å²) in [5.74, 6) is 0.0868. The van der Waals surface area contributed by atoms with Gasteiger partial charge in [-0.25, -0.2) is 9.78 Å². The molecule has 17 heavy (non-hydrogen) atoms. The van der Waals surface area contributed by atoms with Crippen molar-refractivity contribution in [1.82, 2.24) is 4.98 Å². The van der Waals surface area contributed by atoms with Gasteiger partial charge >= 0.3 is 5.97 Å².